The van der Waals surface area contributed by atoms with Crippen LogP contribution >= 0.6 is 0 Å². The molecule has 1 atom stereocenters. The zero-order valence-corrected chi connectivity index (χ0v) is 10.2. The molecule has 0 bridgehead atoms. The van der Waals surface area contributed by atoms with E-state index in [0.29, 0.717) is 0 Å². The average Bonchev–Trinajstić information content (AvgIpc) is 2.35. The molecule has 0 fully saturated rings. The van der Waals surface area contributed by atoms with Crippen LogP contribution in [0.25, 0.3) is 10.8 Å². The molecule has 4 heteroatoms. The molecule has 0 aliphatic heterocycles. The third-order valence-electron chi connectivity index (χ3n) is 2.82. The Balaban J connectivity index is 2.46. The summed E-state index contributed by atoms with van der Waals surface area (Å²) in [6.07, 6.45) is 3.76. The zero-order chi connectivity index (χ0) is 12.3. The van der Waals surface area contributed by atoms with Gasteiger partial charge in [0.1, 0.15) is 0 Å². The van der Waals surface area contributed by atoms with Gasteiger partial charge in [0.15, 0.2) is 0 Å². The highest BCUT2D eigenvalue weighted by Crippen LogP contribution is 2.22. The highest BCUT2D eigenvalue weighted by atomic mass is 15.3. The molecule has 2 aromatic rings. The highest BCUT2D eigenvalue weighted by Gasteiger charge is 2.13. The summed E-state index contributed by atoms with van der Waals surface area (Å²) >= 11 is 0. The fourth-order valence-electron chi connectivity index (χ4n) is 2.02. The summed E-state index contributed by atoms with van der Waals surface area (Å²) in [6.45, 7) is 0.839. The van der Waals surface area contributed by atoms with Crippen molar-refractivity contribution in [3.05, 3.63) is 42.2 Å². The van der Waals surface area contributed by atoms with Crippen molar-refractivity contribution >= 4 is 10.8 Å². The molecule has 17 heavy (non-hydrogen) atoms. The van der Waals surface area contributed by atoms with Crippen molar-refractivity contribution in [2.75, 3.05) is 20.6 Å². The number of nitrogens with one attached hydrogen (secondary N) is 1. The number of nitrogens with zero attached hydrogens (tertiary/aromatic N) is 2. The summed E-state index contributed by atoms with van der Waals surface area (Å²) < 4.78 is 0. The second-order valence-electron chi connectivity index (χ2n) is 4.43. The summed E-state index contributed by atoms with van der Waals surface area (Å²) in [5, 5.41) is 2.34. The number of hydrogen-bond acceptors (Lipinski definition) is 4. The first-order valence-corrected chi connectivity index (χ1v) is 5.66. The number of hydrazine groups is 1. The van der Waals surface area contributed by atoms with Crippen molar-refractivity contribution in [1.82, 2.24) is 15.3 Å². The lowest BCUT2D eigenvalue weighted by Gasteiger charge is -2.21. The minimum absolute atomic E-state index is 0.0867. The molecular weight excluding hydrogens is 212 g/mol. The molecule has 0 amide bonds. The van der Waals surface area contributed by atoms with E-state index < -0.39 is 0 Å². The third-order valence-corrected chi connectivity index (χ3v) is 2.82. The Bertz CT molecular complexity index is 490. The van der Waals surface area contributed by atoms with Gasteiger partial charge in [-0.05, 0) is 25.0 Å². The van der Waals surface area contributed by atoms with Crippen molar-refractivity contribution in [2.24, 2.45) is 5.84 Å². The van der Waals surface area contributed by atoms with Gasteiger partial charge in [-0.3, -0.25) is 16.3 Å². The average molecular weight is 230 g/mol. The predicted molar refractivity (Wildman–Crippen MR) is 70.4 cm³/mol. The molecule has 0 saturated heterocycles. The molecule has 3 N–H and O–H groups in total. The van der Waals surface area contributed by atoms with Gasteiger partial charge >= 0.3 is 0 Å². The number of benzene rings is 1. The molecule has 0 aliphatic rings. The number of nitrogens with two attached hydrogens (primary N) is 1. The summed E-state index contributed by atoms with van der Waals surface area (Å²) in [7, 11) is 4.06. The van der Waals surface area contributed by atoms with Crippen LogP contribution in [-0.4, -0.2) is 30.5 Å². The molecule has 0 saturated carbocycles. The number of rotatable bonds is 4. The van der Waals surface area contributed by atoms with Crippen LogP contribution in [-0.2, 0) is 0 Å². The van der Waals surface area contributed by atoms with Crippen LogP contribution in [0.15, 0.2) is 36.7 Å². The molecule has 1 heterocycles. The largest absolute Gasteiger partial charge is 0.307 e. The van der Waals surface area contributed by atoms with Crippen molar-refractivity contribution in [3.63, 3.8) is 0 Å². The molecule has 1 unspecified atom stereocenters. The number of pyridine rings is 1. The quantitative estimate of drug-likeness (QED) is 0.614. The Labute approximate surface area is 101 Å². The van der Waals surface area contributed by atoms with Crippen LogP contribution in [0.2, 0.25) is 0 Å². The second-order valence-corrected chi connectivity index (χ2v) is 4.43. The number of aromatic nitrogens is 1. The Morgan fingerprint density at radius 1 is 1.29 bits per heavy atom. The molecule has 0 aliphatic carbocycles. The first-order chi connectivity index (χ1) is 8.22. The lowest BCUT2D eigenvalue weighted by molar-refractivity contribution is 0.345. The van der Waals surface area contributed by atoms with Crippen LogP contribution in [0.5, 0.6) is 0 Å². The van der Waals surface area contributed by atoms with Crippen molar-refractivity contribution in [1.29, 1.82) is 0 Å². The summed E-state index contributed by atoms with van der Waals surface area (Å²) in [5.74, 6) is 5.64. The van der Waals surface area contributed by atoms with Crippen LogP contribution in [0.4, 0.5) is 0 Å². The number of hydrogen-bond donors (Lipinski definition) is 2. The van der Waals surface area contributed by atoms with Crippen LogP contribution in [0.1, 0.15) is 11.6 Å². The first kappa shape index (κ1) is 12.0. The molecule has 1 aromatic heterocycles. The van der Waals surface area contributed by atoms with Gasteiger partial charge in [0.25, 0.3) is 0 Å². The van der Waals surface area contributed by atoms with Crippen LogP contribution in [0, 0.1) is 0 Å². The van der Waals surface area contributed by atoms with Gasteiger partial charge in [0.05, 0.1) is 6.04 Å². The molecule has 0 radical (unpaired) electrons. The van der Waals surface area contributed by atoms with Gasteiger partial charge in [-0.15, -0.1) is 0 Å². The van der Waals surface area contributed by atoms with Gasteiger partial charge in [0.2, 0.25) is 0 Å². The van der Waals surface area contributed by atoms with Gasteiger partial charge in [0, 0.05) is 24.3 Å². The maximum absolute atomic E-state index is 5.64. The molecular formula is C13H18N4. The van der Waals surface area contributed by atoms with E-state index in [1.165, 1.54) is 5.39 Å². The lowest BCUT2D eigenvalue weighted by atomic mass is 10.0. The van der Waals surface area contributed by atoms with Gasteiger partial charge in [-0.1, -0.05) is 24.3 Å². The molecule has 4 nitrogen and oxygen atoms in total. The highest BCUT2D eigenvalue weighted by molar-refractivity contribution is 5.85. The van der Waals surface area contributed by atoms with E-state index in [4.69, 9.17) is 5.84 Å². The monoisotopic (exact) mass is 230 g/mol. The summed E-state index contributed by atoms with van der Waals surface area (Å²) in [6, 6.07) is 8.31. The lowest BCUT2D eigenvalue weighted by Crippen LogP contribution is -2.35. The van der Waals surface area contributed by atoms with Crippen LogP contribution < -0.4 is 11.3 Å². The van der Waals surface area contributed by atoms with Gasteiger partial charge < -0.3 is 4.90 Å². The number of likely N-dealkylation sites (N-methyl/N-ethyl adjacent to an activating group) is 1. The maximum atomic E-state index is 5.64. The minimum Gasteiger partial charge on any atom is -0.307 e. The molecule has 1 aromatic carbocycles. The van der Waals surface area contributed by atoms with E-state index in [1.54, 1.807) is 0 Å². The van der Waals surface area contributed by atoms with E-state index in [1.807, 2.05) is 38.6 Å². The molecule has 90 valence electrons. The van der Waals surface area contributed by atoms with Crippen molar-refractivity contribution in [2.45, 2.75) is 6.04 Å². The molecule has 0 spiro atoms. The SMILES string of the molecule is CN(C)CC(NN)c1cncc2ccccc12. The Hall–Kier alpha value is -1.49. The maximum Gasteiger partial charge on any atom is 0.0608 e. The zero-order valence-electron chi connectivity index (χ0n) is 10.2. The third kappa shape index (κ3) is 2.61. The van der Waals surface area contributed by atoms with E-state index in [9.17, 15) is 0 Å². The van der Waals surface area contributed by atoms with Crippen molar-refractivity contribution in [3.8, 4) is 0 Å². The fourth-order valence-corrected chi connectivity index (χ4v) is 2.02. The molecule has 2 rings (SSSR count). The van der Waals surface area contributed by atoms with E-state index >= 15 is 0 Å². The smallest absolute Gasteiger partial charge is 0.0608 e. The van der Waals surface area contributed by atoms with Crippen LogP contribution in [0.3, 0.4) is 0 Å². The van der Waals surface area contributed by atoms with E-state index in [-0.39, 0.29) is 6.04 Å². The summed E-state index contributed by atoms with van der Waals surface area (Å²) in [4.78, 5) is 6.38. The summed E-state index contributed by atoms with van der Waals surface area (Å²) in [5.41, 5.74) is 4.00. The minimum atomic E-state index is 0.0867. The normalized spacial score (nSPS) is 13.2. The number of fused-ring (bicyclic) bond motifs is 1. The van der Waals surface area contributed by atoms with E-state index in [0.717, 1.165) is 17.5 Å². The topological polar surface area (TPSA) is 54.2 Å². The fraction of sp³-hybridized carbons (Fsp3) is 0.308. The Morgan fingerprint density at radius 2 is 2.06 bits per heavy atom. The van der Waals surface area contributed by atoms with Gasteiger partial charge in [-0.2, -0.15) is 0 Å². The van der Waals surface area contributed by atoms with E-state index in [2.05, 4.69) is 27.4 Å². The second kappa shape index (κ2) is 5.23. The Morgan fingerprint density at radius 3 is 2.76 bits per heavy atom. The Kier molecular flexibility index (Phi) is 3.68. The van der Waals surface area contributed by atoms with Gasteiger partial charge in [-0.25, -0.2) is 0 Å². The van der Waals surface area contributed by atoms with Crippen molar-refractivity contribution < 1.29 is 0 Å². The predicted octanol–water partition coefficient (Wildman–Crippen LogP) is 1.30. The standard InChI is InChI=1S/C13H18N4/c1-17(2)9-13(16-14)12-8-15-7-10-5-3-4-6-11(10)12/h3-8,13,16H,9,14H2,1-2H3. The first-order valence-electron chi connectivity index (χ1n) is 5.66.